The number of pyridine rings is 1. The molecule has 1 atom stereocenters. The Bertz CT molecular complexity index is 1300. The van der Waals surface area contributed by atoms with E-state index < -0.39 is 0 Å². The largest absolute Gasteiger partial charge is 0.342 e. The number of halogens is 2. The minimum Gasteiger partial charge on any atom is -0.342 e. The van der Waals surface area contributed by atoms with Gasteiger partial charge in [-0.2, -0.15) is 0 Å². The molecule has 3 aliphatic rings. The Balaban J connectivity index is 1.17. The zero-order chi connectivity index (χ0) is 27.6. The van der Waals surface area contributed by atoms with Crippen molar-refractivity contribution in [3.8, 4) is 22.5 Å². The molecule has 0 unspecified atom stereocenters. The Morgan fingerprint density at radius 3 is 1.80 bits per heavy atom. The maximum Gasteiger partial charge on any atom is 0.254 e. The van der Waals surface area contributed by atoms with Crippen molar-refractivity contribution >= 4 is 35.0 Å². The average Bonchev–Trinajstić information content (AvgIpc) is 2.96. The third kappa shape index (κ3) is 5.90. The van der Waals surface area contributed by atoms with E-state index >= 15 is 0 Å². The molecular weight excluding hydrogens is 543 g/mol. The van der Waals surface area contributed by atoms with Gasteiger partial charge in [0.05, 0.1) is 17.3 Å². The van der Waals surface area contributed by atoms with Crippen molar-refractivity contribution < 1.29 is 9.59 Å². The fraction of sp³-hybridized carbons (Fsp3) is 0.406. The Morgan fingerprint density at radius 2 is 1.27 bits per heavy atom. The summed E-state index contributed by atoms with van der Waals surface area (Å²) in [6.07, 6.45) is 5.05. The van der Waals surface area contributed by atoms with Crippen molar-refractivity contribution in [1.82, 2.24) is 19.7 Å². The second-order valence-corrected chi connectivity index (χ2v) is 12.0. The van der Waals surface area contributed by atoms with Crippen LogP contribution < -0.4 is 0 Å². The van der Waals surface area contributed by atoms with E-state index in [2.05, 4.69) is 4.90 Å². The first kappa shape index (κ1) is 27.3. The number of rotatable bonds is 5. The van der Waals surface area contributed by atoms with Crippen molar-refractivity contribution in [3.63, 3.8) is 0 Å². The highest BCUT2D eigenvalue weighted by Crippen LogP contribution is 2.30. The van der Waals surface area contributed by atoms with Crippen LogP contribution in [0.25, 0.3) is 22.5 Å². The Hall–Kier alpha value is -2.93. The third-order valence-corrected chi connectivity index (χ3v) is 9.09. The van der Waals surface area contributed by atoms with E-state index in [9.17, 15) is 9.59 Å². The van der Waals surface area contributed by atoms with Crippen molar-refractivity contribution in [2.24, 2.45) is 5.92 Å². The van der Waals surface area contributed by atoms with Gasteiger partial charge in [-0.15, -0.1) is 0 Å². The first-order valence-electron chi connectivity index (χ1n) is 14.3. The highest BCUT2D eigenvalue weighted by Gasteiger charge is 2.35. The molecule has 0 saturated carbocycles. The molecule has 3 aliphatic heterocycles. The zero-order valence-corrected chi connectivity index (χ0v) is 24.1. The molecule has 3 fully saturated rings. The summed E-state index contributed by atoms with van der Waals surface area (Å²) in [7, 11) is 0. The van der Waals surface area contributed by atoms with Gasteiger partial charge in [0.1, 0.15) is 0 Å². The number of benzene rings is 2. The van der Waals surface area contributed by atoms with E-state index in [1.54, 1.807) is 0 Å². The second kappa shape index (κ2) is 11.9. The second-order valence-electron chi connectivity index (χ2n) is 11.2. The number of carbonyl (C=O) groups is 2. The highest BCUT2D eigenvalue weighted by atomic mass is 35.5. The molecule has 1 aromatic heterocycles. The maximum absolute atomic E-state index is 13.8. The molecule has 0 N–H and O–H groups in total. The van der Waals surface area contributed by atoms with Crippen LogP contribution >= 0.6 is 23.2 Å². The molecule has 6 rings (SSSR count). The molecule has 6 nitrogen and oxygen atoms in total. The normalized spacial score (nSPS) is 20.3. The predicted molar refractivity (Wildman–Crippen MR) is 160 cm³/mol. The molecule has 0 bridgehead atoms. The zero-order valence-electron chi connectivity index (χ0n) is 22.6. The van der Waals surface area contributed by atoms with Crippen LogP contribution in [0.15, 0.2) is 60.7 Å². The van der Waals surface area contributed by atoms with Gasteiger partial charge in [0.15, 0.2) is 0 Å². The average molecular weight is 578 g/mol. The van der Waals surface area contributed by atoms with E-state index in [4.69, 9.17) is 28.2 Å². The molecule has 2 amide bonds. The lowest BCUT2D eigenvalue weighted by Crippen LogP contribution is -2.53. The smallest absolute Gasteiger partial charge is 0.254 e. The number of likely N-dealkylation sites (tertiary alicyclic amines) is 3. The number of carbonyl (C=O) groups excluding carboxylic acids is 2. The van der Waals surface area contributed by atoms with Crippen LogP contribution in [0, 0.1) is 5.92 Å². The summed E-state index contributed by atoms with van der Waals surface area (Å²) in [5, 5.41) is 1.31. The van der Waals surface area contributed by atoms with E-state index in [0.29, 0.717) is 40.6 Å². The van der Waals surface area contributed by atoms with Crippen LogP contribution in [0.4, 0.5) is 0 Å². The van der Waals surface area contributed by atoms with E-state index in [0.717, 1.165) is 80.8 Å². The molecule has 3 saturated heterocycles. The number of aromatic nitrogens is 1. The summed E-state index contributed by atoms with van der Waals surface area (Å²) >= 11 is 12.2. The van der Waals surface area contributed by atoms with Gasteiger partial charge in [-0.1, -0.05) is 47.5 Å². The van der Waals surface area contributed by atoms with Crippen molar-refractivity contribution in [1.29, 1.82) is 0 Å². The van der Waals surface area contributed by atoms with Gasteiger partial charge in [-0.25, -0.2) is 4.98 Å². The summed E-state index contributed by atoms with van der Waals surface area (Å²) in [6, 6.07) is 19.2. The molecule has 0 spiro atoms. The van der Waals surface area contributed by atoms with Crippen molar-refractivity contribution in [2.45, 2.75) is 38.1 Å². The molecule has 0 aliphatic carbocycles. The summed E-state index contributed by atoms with van der Waals surface area (Å²) in [4.78, 5) is 38.0. The first-order valence-corrected chi connectivity index (χ1v) is 15.1. The Labute approximate surface area is 245 Å². The minimum atomic E-state index is 0.0239. The Morgan fingerprint density at radius 1 is 0.700 bits per heavy atom. The summed E-state index contributed by atoms with van der Waals surface area (Å²) in [5.41, 5.74) is 3.89. The monoisotopic (exact) mass is 576 g/mol. The lowest BCUT2D eigenvalue weighted by molar-refractivity contribution is -0.141. The molecule has 3 aromatic rings. The van der Waals surface area contributed by atoms with Gasteiger partial charge in [-0.05, 0) is 75.0 Å². The first-order chi connectivity index (χ1) is 19.4. The lowest BCUT2D eigenvalue weighted by Gasteiger charge is -2.43. The van der Waals surface area contributed by atoms with Crippen LogP contribution in [0.5, 0.6) is 0 Å². The van der Waals surface area contributed by atoms with Crippen LogP contribution in [0.2, 0.25) is 10.0 Å². The number of piperidine rings is 2. The fourth-order valence-electron chi connectivity index (χ4n) is 6.14. The quantitative estimate of drug-likeness (QED) is 0.359. The van der Waals surface area contributed by atoms with E-state index in [1.807, 2.05) is 70.5 Å². The predicted octanol–water partition coefficient (Wildman–Crippen LogP) is 6.27. The number of amides is 2. The van der Waals surface area contributed by atoms with Gasteiger partial charge in [0, 0.05) is 65.5 Å². The summed E-state index contributed by atoms with van der Waals surface area (Å²) in [5.74, 6) is 0.494. The van der Waals surface area contributed by atoms with E-state index in [1.165, 1.54) is 0 Å². The maximum atomic E-state index is 13.8. The lowest BCUT2D eigenvalue weighted by atomic mass is 9.92. The standard InChI is InChI=1S/C32H34Cl2N4O2/c33-26-8-4-22(5-9-26)29-19-25(20-30(35-29)23-6-10-27(34)11-7-23)32(40)37-17-12-28(13-18-37)38-14-1-3-24(21-38)31(39)36-15-2-16-36/h4-11,19-20,24,28H,1-3,12-18,21H2/t24-/m1/s1. The van der Waals surface area contributed by atoms with Gasteiger partial charge in [0.25, 0.3) is 5.91 Å². The Kier molecular flexibility index (Phi) is 8.10. The SMILES string of the molecule is O=C(c1cc(-c2ccc(Cl)cc2)nc(-c2ccc(Cl)cc2)c1)N1CCC(N2CCC[C@@H](C(=O)N3CCC3)C2)CC1. The number of hydrogen-bond acceptors (Lipinski definition) is 4. The number of hydrogen-bond donors (Lipinski definition) is 0. The van der Waals surface area contributed by atoms with Gasteiger partial charge < -0.3 is 9.80 Å². The third-order valence-electron chi connectivity index (χ3n) is 8.59. The van der Waals surface area contributed by atoms with Crippen LogP contribution in [-0.2, 0) is 4.79 Å². The van der Waals surface area contributed by atoms with Crippen molar-refractivity contribution in [3.05, 3.63) is 76.3 Å². The molecule has 40 heavy (non-hydrogen) atoms. The van der Waals surface area contributed by atoms with Crippen LogP contribution in [-0.4, -0.2) is 76.8 Å². The molecule has 4 heterocycles. The fourth-order valence-corrected chi connectivity index (χ4v) is 6.39. The van der Waals surface area contributed by atoms with Crippen LogP contribution in [0.3, 0.4) is 0 Å². The molecular formula is C32H34Cl2N4O2. The highest BCUT2D eigenvalue weighted by molar-refractivity contribution is 6.30. The van der Waals surface area contributed by atoms with Crippen molar-refractivity contribution in [2.75, 3.05) is 39.3 Å². The minimum absolute atomic E-state index is 0.0239. The van der Waals surface area contributed by atoms with Crippen LogP contribution in [0.1, 0.15) is 42.5 Å². The van der Waals surface area contributed by atoms with Gasteiger partial charge >= 0.3 is 0 Å². The van der Waals surface area contributed by atoms with Gasteiger partial charge in [-0.3, -0.25) is 14.5 Å². The summed E-state index contributed by atoms with van der Waals surface area (Å²) < 4.78 is 0. The summed E-state index contributed by atoms with van der Waals surface area (Å²) in [6.45, 7) is 5.16. The number of nitrogens with zero attached hydrogens (tertiary/aromatic N) is 4. The topological polar surface area (TPSA) is 56.8 Å². The molecule has 208 valence electrons. The molecule has 0 radical (unpaired) electrons. The molecule has 8 heteroatoms. The molecule has 2 aromatic carbocycles. The van der Waals surface area contributed by atoms with Gasteiger partial charge in [0.2, 0.25) is 5.91 Å². The van der Waals surface area contributed by atoms with E-state index in [-0.39, 0.29) is 11.8 Å².